The summed E-state index contributed by atoms with van der Waals surface area (Å²) in [5, 5.41) is 1.10. The number of benzene rings is 1. The Bertz CT molecular complexity index is 1100. The lowest BCUT2D eigenvalue weighted by Gasteiger charge is -2.28. The molecule has 26 heavy (non-hydrogen) atoms. The van der Waals surface area contributed by atoms with E-state index in [1.165, 1.54) is 5.56 Å². The van der Waals surface area contributed by atoms with Crippen LogP contribution in [0.4, 0.5) is 5.82 Å². The van der Waals surface area contributed by atoms with E-state index in [9.17, 15) is 0 Å². The maximum absolute atomic E-state index is 5.53. The van der Waals surface area contributed by atoms with E-state index < -0.39 is 0 Å². The molecular weight excluding hydrogens is 344 g/mol. The van der Waals surface area contributed by atoms with Gasteiger partial charge in [0.1, 0.15) is 4.83 Å². The van der Waals surface area contributed by atoms with Gasteiger partial charge >= 0.3 is 0 Å². The molecule has 0 unspecified atom stereocenters. The van der Waals surface area contributed by atoms with E-state index in [1.807, 2.05) is 12.3 Å². The molecule has 3 aromatic heterocycles. The first-order valence-corrected chi connectivity index (χ1v) is 9.56. The largest absolute Gasteiger partial charge is 0.378 e. The summed E-state index contributed by atoms with van der Waals surface area (Å²) in [5.74, 6) is 1.77. The number of ether oxygens (including phenoxy) is 1. The van der Waals surface area contributed by atoms with Gasteiger partial charge in [0, 0.05) is 30.2 Å². The molecule has 0 spiro atoms. The summed E-state index contributed by atoms with van der Waals surface area (Å²) in [6.07, 6.45) is 1.83. The Morgan fingerprint density at radius 2 is 1.96 bits per heavy atom. The molecule has 4 aromatic rings. The molecule has 1 aromatic carbocycles. The van der Waals surface area contributed by atoms with Crippen molar-refractivity contribution in [1.82, 2.24) is 15.0 Å². The Balaban J connectivity index is 1.79. The Morgan fingerprint density at radius 1 is 1.08 bits per heavy atom. The lowest BCUT2D eigenvalue weighted by Crippen LogP contribution is -2.36. The van der Waals surface area contributed by atoms with Gasteiger partial charge in [0.15, 0.2) is 11.6 Å². The fraction of sp³-hybridized carbons (Fsp3) is 0.250. The van der Waals surface area contributed by atoms with Crippen LogP contribution in [0.1, 0.15) is 5.56 Å². The highest BCUT2D eigenvalue weighted by Gasteiger charge is 2.21. The number of aryl methyl sites for hydroxylation is 1. The first kappa shape index (κ1) is 15.7. The fourth-order valence-corrected chi connectivity index (χ4v) is 4.47. The number of aromatic nitrogens is 3. The van der Waals surface area contributed by atoms with Crippen molar-refractivity contribution in [2.45, 2.75) is 6.92 Å². The van der Waals surface area contributed by atoms with Crippen LogP contribution in [0.3, 0.4) is 0 Å². The van der Waals surface area contributed by atoms with Crippen molar-refractivity contribution >= 4 is 37.6 Å². The number of morpholine rings is 1. The van der Waals surface area contributed by atoms with Gasteiger partial charge in [-0.05, 0) is 25.1 Å². The number of nitrogens with zero attached hydrogens (tertiary/aromatic N) is 4. The lowest BCUT2D eigenvalue weighted by atomic mass is 10.1. The van der Waals surface area contributed by atoms with Crippen LogP contribution in [-0.4, -0.2) is 41.3 Å². The van der Waals surface area contributed by atoms with Gasteiger partial charge in [-0.2, -0.15) is 0 Å². The summed E-state index contributed by atoms with van der Waals surface area (Å²) in [5.41, 5.74) is 3.24. The highest BCUT2D eigenvalue weighted by atomic mass is 32.1. The van der Waals surface area contributed by atoms with Gasteiger partial charge in [0.2, 0.25) is 0 Å². The molecule has 0 saturated carbocycles. The topological polar surface area (TPSA) is 51.1 Å². The van der Waals surface area contributed by atoms with Gasteiger partial charge in [-0.15, -0.1) is 11.3 Å². The van der Waals surface area contributed by atoms with Crippen LogP contribution >= 0.6 is 11.3 Å². The minimum Gasteiger partial charge on any atom is -0.378 e. The summed E-state index contributed by atoms with van der Waals surface area (Å²) in [6.45, 7) is 5.25. The molecule has 130 valence electrons. The van der Waals surface area contributed by atoms with Crippen molar-refractivity contribution in [2.24, 2.45) is 0 Å². The molecule has 5 rings (SSSR count). The zero-order chi connectivity index (χ0) is 17.5. The average molecular weight is 362 g/mol. The van der Waals surface area contributed by atoms with Gasteiger partial charge in [-0.3, -0.25) is 0 Å². The minimum absolute atomic E-state index is 0.731. The van der Waals surface area contributed by atoms with E-state index in [0.29, 0.717) is 0 Å². The molecule has 0 amide bonds. The Kier molecular flexibility index (Phi) is 3.80. The van der Waals surface area contributed by atoms with E-state index in [2.05, 4.69) is 47.1 Å². The van der Waals surface area contributed by atoms with Crippen molar-refractivity contribution < 1.29 is 4.74 Å². The molecule has 1 aliphatic rings. The molecule has 6 heteroatoms. The van der Waals surface area contributed by atoms with Crippen LogP contribution in [0, 0.1) is 6.92 Å². The number of pyridine rings is 1. The molecule has 0 atom stereocenters. The average Bonchev–Trinajstić information content (AvgIpc) is 3.06. The molecule has 1 saturated heterocycles. The summed E-state index contributed by atoms with van der Waals surface area (Å²) < 4.78 is 6.64. The second-order valence-corrected chi connectivity index (χ2v) is 7.47. The second-order valence-electron chi connectivity index (χ2n) is 6.48. The molecule has 0 N–H and O–H groups in total. The predicted molar refractivity (Wildman–Crippen MR) is 106 cm³/mol. The van der Waals surface area contributed by atoms with E-state index >= 15 is 0 Å². The second kappa shape index (κ2) is 6.30. The molecule has 0 radical (unpaired) electrons. The van der Waals surface area contributed by atoms with E-state index in [0.717, 1.165) is 63.9 Å². The number of hydrogen-bond donors (Lipinski definition) is 0. The molecular formula is C20H18N4OS. The zero-order valence-corrected chi connectivity index (χ0v) is 15.3. The molecule has 1 aliphatic heterocycles. The molecule has 0 aliphatic carbocycles. The predicted octanol–water partition coefficient (Wildman–Crippen LogP) is 4.05. The van der Waals surface area contributed by atoms with E-state index in [1.54, 1.807) is 11.3 Å². The van der Waals surface area contributed by atoms with E-state index in [-0.39, 0.29) is 0 Å². The summed E-state index contributed by atoms with van der Waals surface area (Å²) in [4.78, 5) is 17.7. The number of anilines is 1. The van der Waals surface area contributed by atoms with Crippen LogP contribution in [0.2, 0.25) is 0 Å². The van der Waals surface area contributed by atoms with Crippen LogP contribution in [-0.2, 0) is 4.74 Å². The van der Waals surface area contributed by atoms with Gasteiger partial charge in [-0.1, -0.05) is 23.8 Å². The smallest absolute Gasteiger partial charge is 0.162 e. The standard InChI is InChI=1S/C20H18N4OS/c1-13-4-2-5-14(12-13)18-22-16-15-6-3-7-21-20(15)26-17(16)19(23-18)24-8-10-25-11-9-24/h2-7,12H,8-11H2,1H3. The van der Waals surface area contributed by atoms with Crippen molar-refractivity contribution in [2.75, 3.05) is 31.2 Å². The third-order valence-electron chi connectivity index (χ3n) is 4.66. The SMILES string of the molecule is Cc1cccc(-c2nc(N3CCOCC3)c3sc4ncccc4c3n2)c1. The number of fused-ring (bicyclic) bond motifs is 3. The van der Waals surface area contributed by atoms with Gasteiger partial charge < -0.3 is 9.64 Å². The normalized spacial score (nSPS) is 15.0. The number of thiophene rings is 1. The fourth-order valence-electron chi connectivity index (χ4n) is 3.37. The number of rotatable bonds is 2. The van der Waals surface area contributed by atoms with Crippen molar-refractivity contribution in [1.29, 1.82) is 0 Å². The Hall–Kier alpha value is -2.57. The van der Waals surface area contributed by atoms with Crippen LogP contribution in [0.5, 0.6) is 0 Å². The van der Waals surface area contributed by atoms with Crippen LogP contribution in [0.15, 0.2) is 42.6 Å². The molecule has 1 fully saturated rings. The minimum atomic E-state index is 0.731. The highest BCUT2D eigenvalue weighted by Crippen LogP contribution is 2.38. The molecule has 0 bridgehead atoms. The molecule has 4 heterocycles. The quantitative estimate of drug-likeness (QED) is 0.538. The maximum Gasteiger partial charge on any atom is 0.162 e. The maximum atomic E-state index is 5.53. The first-order chi connectivity index (χ1) is 12.8. The van der Waals surface area contributed by atoms with Gasteiger partial charge in [0.05, 0.1) is 23.4 Å². The monoisotopic (exact) mass is 362 g/mol. The lowest BCUT2D eigenvalue weighted by molar-refractivity contribution is 0.122. The van der Waals surface area contributed by atoms with Crippen molar-refractivity contribution in [3.05, 3.63) is 48.2 Å². The summed E-state index contributed by atoms with van der Waals surface area (Å²) in [6, 6.07) is 12.4. The highest BCUT2D eigenvalue weighted by molar-refractivity contribution is 7.25. The molecule has 5 nitrogen and oxygen atoms in total. The van der Waals surface area contributed by atoms with Crippen molar-refractivity contribution in [3.63, 3.8) is 0 Å². The first-order valence-electron chi connectivity index (χ1n) is 8.74. The van der Waals surface area contributed by atoms with Crippen LogP contribution < -0.4 is 4.90 Å². The van der Waals surface area contributed by atoms with E-state index in [4.69, 9.17) is 14.7 Å². The zero-order valence-electron chi connectivity index (χ0n) is 14.5. The van der Waals surface area contributed by atoms with Crippen molar-refractivity contribution in [3.8, 4) is 11.4 Å². The third-order valence-corrected chi connectivity index (χ3v) is 5.76. The van der Waals surface area contributed by atoms with Crippen LogP contribution in [0.25, 0.3) is 31.8 Å². The van der Waals surface area contributed by atoms with Gasteiger partial charge in [0.25, 0.3) is 0 Å². The Morgan fingerprint density at radius 3 is 2.81 bits per heavy atom. The number of hydrogen-bond acceptors (Lipinski definition) is 6. The summed E-state index contributed by atoms with van der Waals surface area (Å²) >= 11 is 1.67. The van der Waals surface area contributed by atoms with Gasteiger partial charge in [-0.25, -0.2) is 15.0 Å². The summed E-state index contributed by atoms with van der Waals surface area (Å²) in [7, 11) is 0. The third kappa shape index (κ3) is 2.62. The Labute approximate surface area is 155 Å².